The number of nitrogens with one attached hydrogen (secondary N) is 1. The van der Waals surface area contributed by atoms with Gasteiger partial charge in [-0.05, 0) is 0 Å². The lowest BCUT2D eigenvalue weighted by Gasteiger charge is -2.00. The average Bonchev–Trinajstić information content (AvgIpc) is 2.63. The molecular weight excluding hydrogens is 178 g/mol. The number of aryl methyl sites for hydroxylation is 1. The summed E-state index contributed by atoms with van der Waals surface area (Å²) in [6, 6.07) is 1.91. The lowest BCUT2D eigenvalue weighted by atomic mass is 10.4. The van der Waals surface area contributed by atoms with Crippen LogP contribution in [-0.4, -0.2) is 19.7 Å². The first kappa shape index (κ1) is 8.68. The molecule has 14 heavy (non-hydrogen) atoms. The van der Waals surface area contributed by atoms with Crippen LogP contribution in [-0.2, 0) is 13.6 Å². The fraction of sp³-hybridized carbons (Fsp3) is 0.222. The summed E-state index contributed by atoms with van der Waals surface area (Å²) in [5.41, 5.74) is 0.901. The van der Waals surface area contributed by atoms with Crippen molar-refractivity contribution < 1.29 is 0 Å². The second kappa shape index (κ2) is 3.87. The number of hydrogen-bond acceptors (Lipinski definition) is 4. The number of nitrogens with zero attached hydrogens (tertiary/aromatic N) is 4. The second-order valence-electron chi connectivity index (χ2n) is 2.92. The summed E-state index contributed by atoms with van der Waals surface area (Å²) in [6.45, 7) is 0.644. The third kappa shape index (κ3) is 2.07. The van der Waals surface area contributed by atoms with Crippen LogP contribution in [0.25, 0.3) is 0 Å². The third-order valence-corrected chi connectivity index (χ3v) is 1.78. The van der Waals surface area contributed by atoms with Crippen molar-refractivity contribution in [3.8, 4) is 0 Å². The first-order valence-electron chi connectivity index (χ1n) is 4.33. The summed E-state index contributed by atoms with van der Waals surface area (Å²) < 4.78 is 1.75. The molecule has 0 aromatic carbocycles. The zero-order valence-electron chi connectivity index (χ0n) is 7.88. The van der Waals surface area contributed by atoms with Crippen molar-refractivity contribution in [2.24, 2.45) is 7.05 Å². The molecule has 0 saturated carbocycles. The molecular formula is C9H11N5. The van der Waals surface area contributed by atoms with Crippen LogP contribution in [0, 0.1) is 0 Å². The topological polar surface area (TPSA) is 55.6 Å². The van der Waals surface area contributed by atoms with Crippen LogP contribution in [0.2, 0.25) is 0 Å². The van der Waals surface area contributed by atoms with Crippen LogP contribution in [0.3, 0.4) is 0 Å². The van der Waals surface area contributed by atoms with Crippen LogP contribution in [0.4, 0.5) is 5.82 Å². The van der Waals surface area contributed by atoms with E-state index in [9.17, 15) is 0 Å². The minimum absolute atomic E-state index is 0.644. The molecule has 0 saturated heterocycles. The Morgan fingerprint density at radius 3 is 3.00 bits per heavy atom. The fourth-order valence-electron chi connectivity index (χ4n) is 1.11. The number of hydrogen-bond donors (Lipinski definition) is 1. The molecule has 0 amide bonds. The molecule has 0 atom stereocenters. The van der Waals surface area contributed by atoms with Gasteiger partial charge in [0, 0.05) is 31.7 Å². The van der Waals surface area contributed by atoms with Crippen LogP contribution >= 0.6 is 0 Å². The Morgan fingerprint density at radius 2 is 2.36 bits per heavy atom. The predicted molar refractivity (Wildman–Crippen MR) is 52.6 cm³/mol. The molecule has 0 fully saturated rings. The molecule has 0 bridgehead atoms. The predicted octanol–water partition coefficient (Wildman–Crippen LogP) is 0.822. The minimum atomic E-state index is 0.644. The Kier molecular flexibility index (Phi) is 2.40. The first-order valence-corrected chi connectivity index (χ1v) is 4.33. The largest absolute Gasteiger partial charge is 0.363 e. The fourth-order valence-corrected chi connectivity index (χ4v) is 1.11. The Hall–Kier alpha value is -1.91. The zero-order valence-corrected chi connectivity index (χ0v) is 7.88. The van der Waals surface area contributed by atoms with Gasteiger partial charge in [-0.2, -0.15) is 5.10 Å². The van der Waals surface area contributed by atoms with Gasteiger partial charge in [-0.1, -0.05) is 0 Å². The van der Waals surface area contributed by atoms with E-state index in [-0.39, 0.29) is 0 Å². The van der Waals surface area contributed by atoms with Crippen molar-refractivity contribution in [2.45, 2.75) is 6.54 Å². The zero-order chi connectivity index (χ0) is 9.80. The molecule has 0 aliphatic rings. The van der Waals surface area contributed by atoms with Gasteiger partial charge in [-0.25, -0.2) is 0 Å². The summed E-state index contributed by atoms with van der Waals surface area (Å²) in [5.74, 6) is 0.846. The molecule has 72 valence electrons. The van der Waals surface area contributed by atoms with E-state index in [4.69, 9.17) is 0 Å². The van der Waals surface area contributed by atoms with Crippen LogP contribution in [0.1, 0.15) is 5.69 Å². The maximum absolute atomic E-state index is 4.18. The van der Waals surface area contributed by atoms with Gasteiger partial charge in [0.25, 0.3) is 0 Å². The van der Waals surface area contributed by atoms with E-state index in [1.165, 1.54) is 0 Å². The van der Waals surface area contributed by atoms with E-state index in [2.05, 4.69) is 20.4 Å². The van der Waals surface area contributed by atoms with Gasteiger partial charge in [0.2, 0.25) is 0 Å². The molecule has 2 aromatic rings. The van der Waals surface area contributed by atoms with Crippen LogP contribution in [0.15, 0.2) is 30.9 Å². The monoisotopic (exact) mass is 189 g/mol. The number of rotatable bonds is 3. The second-order valence-corrected chi connectivity index (χ2v) is 2.92. The van der Waals surface area contributed by atoms with Gasteiger partial charge in [0.1, 0.15) is 5.82 Å². The highest BCUT2D eigenvalue weighted by molar-refractivity contribution is 5.32. The molecule has 2 rings (SSSR count). The molecule has 1 N–H and O–H groups in total. The molecule has 5 nitrogen and oxygen atoms in total. The van der Waals surface area contributed by atoms with Crippen molar-refractivity contribution in [1.29, 1.82) is 0 Å². The minimum Gasteiger partial charge on any atom is -0.363 e. The molecule has 0 aliphatic carbocycles. The first-order chi connectivity index (χ1) is 6.84. The summed E-state index contributed by atoms with van der Waals surface area (Å²) in [4.78, 5) is 8.12. The van der Waals surface area contributed by atoms with E-state index in [1.807, 2.05) is 19.3 Å². The van der Waals surface area contributed by atoms with Gasteiger partial charge in [-0.15, -0.1) is 0 Å². The van der Waals surface area contributed by atoms with E-state index in [0.29, 0.717) is 6.54 Å². The van der Waals surface area contributed by atoms with Crippen molar-refractivity contribution in [1.82, 2.24) is 19.7 Å². The highest BCUT2D eigenvalue weighted by Crippen LogP contribution is 2.02. The van der Waals surface area contributed by atoms with Crippen LogP contribution < -0.4 is 5.32 Å². The number of anilines is 1. The molecule has 0 aliphatic heterocycles. The molecule has 0 spiro atoms. The SMILES string of the molecule is Cn1ccc(NCc2cnccn2)n1. The van der Waals surface area contributed by atoms with Crippen molar-refractivity contribution in [3.63, 3.8) is 0 Å². The average molecular weight is 189 g/mol. The Morgan fingerprint density at radius 1 is 1.43 bits per heavy atom. The standard InChI is InChI=1S/C9H11N5/c1-14-5-2-9(13-14)12-7-8-6-10-3-4-11-8/h2-6H,7H2,1H3,(H,12,13). The molecule has 0 radical (unpaired) electrons. The number of aromatic nitrogens is 4. The van der Waals surface area contributed by atoms with E-state index < -0.39 is 0 Å². The van der Waals surface area contributed by atoms with Gasteiger partial charge in [0.05, 0.1) is 18.4 Å². The maximum Gasteiger partial charge on any atom is 0.148 e. The van der Waals surface area contributed by atoms with Gasteiger partial charge >= 0.3 is 0 Å². The lowest BCUT2D eigenvalue weighted by molar-refractivity contribution is 0.767. The summed E-state index contributed by atoms with van der Waals surface area (Å²) >= 11 is 0. The van der Waals surface area contributed by atoms with Gasteiger partial charge < -0.3 is 5.32 Å². The molecule has 0 unspecified atom stereocenters. The maximum atomic E-state index is 4.18. The lowest BCUT2D eigenvalue weighted by Crippen LogP contribution is -2.02. The van der Waals surface area contributed by atoms with Crippen molar-refractivity contribution in [3.05, 3.63) is 36.5 Å². The molecule has 5 heteroatoms. The highest BCUT2D eigenvalue weighted by atomic mass is 15.3. The Labute approximate surface area is 81.8 Å². The molecule has 2 aromatic heterocycles. The summed E-state index contributed by atoms with van der Waals surface area (Å²) in [5, 5.41) is 7.33. The highest BCUT2D eigenvalue weighted by Gasteiger charge is 1.96. The van der Waals surface area contributed by atoms with Gasteiger partial charge in [0.15, 0.2) is 0 Å². The van der Waals surface area contributed by atoms with E-state index in [1.54, 1.807) is 23.3 Å². The van der Waals surface area contributed by atoms with Gasteiger partial charge in [-0.3, -0.25) is 14.6 Å². The van der Waals surface area contributed by atoms with Crippen molar-refractivity contribution >= 4 is 5.82 Å². The van der Waals surface area contributed by atoms with E-state index in [0.717, 1.165) is 11.5 Å². The smallest absolute Gasteiger partial charge is 0.148 e. The summed E-state index contributed by atoms with van der Waals surface area (Å²) in [6.07, 6.45) is 6.95. The quantitative estimate of drug-likeness (QED) is 0.776. The third-order valence-electron chi connectivity index (χ3n) is 1.78. The Bertz CT molecular complexity index is 395. The van der Waals surface area contributed by atoms with Crippen molar-refractivity contribution in [2.75, 3.05) is 5.32 Å². The van der Waals surface area contributed by atoms with Crippen LogP contribution in [0.5, 0.6) is 0 Å². The van der Waals surface area contributed by atoms with E-state index >= 15 is 0 Å². The Balaban J connectivity index is 1.95. The normalized spacial score (nSPS) is 10.1. The molecule has 2 heterocycles. The summed E-state index contributed by atoms with van der Waals surface area (Å²) in [7, 11) is 1.88.